The summed E-state index contributed by atoms with van der Waals surface area (Å²) < 4.78 is 10.4. The molecule has 0 heterocycles. The second kappa shape index (κ2) is 4.70. The normalized spacial score (nSPS) is 16.7. The van der Waals surface area contributed by atoms with Crippen molar-refractivity contribution >= 4 is 11.0 Å². The fourth-order valence-electron chi connectivity index (χ4n) is 0.633. The zero-order chi connectivity index (χ0) is 7.28. The molecule has 0 aromatic rings. The summed E-state index contributed by atoms with van der Waals surface area (Å²) in [5.41, 5.74) is 0. The first-order valence-electron chi connectivity index (χ1n) is 2.90. The van der Waals surface area contributed by atoms with Crippen LogP contribution in [0, 0.1) is 5.92 Å². The Hall–Kier alpha value is -0.150. The van der Waals surface area contributed by atoms with E-state index in [2.05, 4.69) is 6.58 Å². The molecule has 2 N–H and O–H groups in total. The van der Waals surface area contributed by atoms with Crippen LogP contribution in [0.4, 0.5) is 0 Å². The number of hydrogen-bond donors (Lipinski definition) is 1. The average molecular weight is 147 g/mol. The highest BCUT2D eigenvalue weighted by atomic mass is 32.2. The van der Waals surface area contributed by atoms with E-state index in [1.807, 2.05) is 13.0 Å². The van der Waals surface area contributed by atoms with Crippen LogP contribution >= 0.6 is 0 Å². The van der Waals surface area contributed by atoms with Gasteiger partial charge in [-0.2, -0.15) is 0 Å². The third-order valence-electron chi connectivity index (χ3n) is 1.02. The van der Waals surface area contributed by atoms with Gasteiger partial charge in [0.25, 0.3) is 0 Å². The van der Waals surface area contributed by atoms with E-state index >= 15 is 0 Å². The fraction of sp³-hybridized carbons (Fsp3) is 0.667. The number of nitrogens with two attached hydrogens (primary N) is 1. The van der Waals surface area contributed by atoms with Gasteiger partial charge in [0.1, 0.15) is 0 Å². The zero-order valence-corrected chi connectivity index (χ0v) is 6.49. The van der Waals surface area contributed by atoms with Gasteiger partial charge in [-0.1, -0.05) is 13.0 Å². The molecule has 0 saturated carbocycles. The van der Waals surface area contributed by atoms with Crippen molar-refractivity contribution in [1.82, 2.24) is 0 Å². The molecule has 2 nitrogen and oxygen atoms in total. The minimum atomic E-state index is -1.14. The second-order valence-corrected chi connectivity index (χ2v) is 3.27. The monoisotopic (exact) mass is 147 g/mol. The van der Waals surface area contributed by atoms with Crippen molar-refractivity contribution in [2.24, 2.45) is 11.1 Å². The molecule has 0 aliphatic rings. The van der Waals surface area contributed by atoms with Gasteiger partial charge in [-0.3, -0.25) is 5.14 Å². The number of allylic oxidation sites excluding steroid dienone is 1. The largest absolute Gasteiger partial charge is 0.252 e. The van der Waals surface area contributed by atoms with E-state index in [1.165, 1.54) is 0 Å². The third-order valence-corrected chi connectivity index (χ3v) is 1.92. The third kappa shape index (κ3) is 5.73. The van der Waals surface area contributed by atoms with E-state index in [0.29, 0.717) is 11.7 Å². The zero-order valence-electron chi connectivity index (χ0n) is 5.67. The van der Waals surface area contributed by atoms with Gasteiger partial charge in [0.05, 0.1) is 11.0 Å². The Kier molecular flexibility index (Phi) is 4.62. The van der Waals surface area contributed by atoms with Crippen LogP contribution in [0.2, 0.25) is 0 Å². The van der Waals surface area contributed by atoms with Gasteiger partial charge < -0.3 is 0 Å². The van der Waals surface area contributed by atoms with E-state index in [9.17, 15) is 4.21 Å². The van der Waals surface area contributed by atoms with Gasteiger partial charge >= 0.3 is 0 Å². The molecule has 0 rings (SSSR count). The molecule has 2 atom stereocenters. The molecule has 0 bridgehead atoms. The van der Waals surface area contributed by atoms with E-state index in [4.69, 9.17) is 5.14 Å². The van der Waals surface area contributed by atoms with Crippen molar-refractivity contribution in [2.75, 3.05) is 5.75 Å². The van der Waals surface area contributed by atoms with Gasteiger partial charge in [0.15, 0.2) is 0 Å². The molecule has 0 amide bonds. The van der Waals surface area contributed by atoms with Crippen molar-refractivity contribution in [1.29, 1.82) is 0 Å². The fourth-order valence-corrected chi connectivity index (χ4v) is 1.33. The van der Waals surface area contributed by atoms with Gasteiger partial charge in [-0.05, 0) is 12.3 Å². The van der Waals surface area contributed by atoms with Gasteiger partial charge in [0, 0.05) is 5.75 Å². The average Bonchev–Trinajstić information content (AvgIpc) is 1.63. The maximum Gasteiger partial charge on any atom is 0.0890 e. The molecule has 0 aliphatic heterocycles. The van der Waals surface area contributed by atoms with Crippen LogP contribution in [0.1, 0.15) is 13.3 Å². The Morgan fingerprint density at radius 2 is 2.44 bits per heavy atom. The van der Waals surface area contributed by atoms with E-state index in [1.54, 1.807) is 0 Å². The summed E-state index contributed by atoms with van der Waals surface area (Å²) in [4.78, 5) is 0. The SMILES string of the molecule is C=CC[C@H](C)CS(N)=O. The van der Waals surface area contributed by atoms with E-state index in [0.717, 1.165) is 6.42 Å². The van der Waals surface area contributed by atoms with Crippen LogP contribution in [0.15, 0.2) is 12.7 Å². The quantitative estimate of drug-likeness (QED) is 0.588. The molecule has 0 spiro atoms. The summed E-state index contributed by atoms with van der Waals surface area (Å²) in [5.74, 6) is 0.972. The lowest BCUT2D eigenvalue weighted by atomic mass is 10.1. The molecular formula is C6H13NOS. The molecule has 0 aromatic carbocycles. The number of hydrogen-bond acceptors (Lipinski definition) is 1. The predicted octanol–water partition coefficient (Wildman–Crippen LogP) is 0.821. The van der Waals surface area contributed by atoms with Crippen LogP contribution in [0.5, 0.6) is 0 Å². The lowest BCUT2D eigenvalue weighted by Gasteiger charge is -2.03. The predicted molar refractivity (Wildman–Crippen MR) is 41.2 cm³/mol. The van der Waals surface area contributed by atoms with Crippen molar-refractivity contribution in [3.63, 3.8) is 0 Å². The van der Waals surface area contributed by atoms with Crippen LogP contribution in [-0.2, 0) is 11.0 Å². The smallest absolute Gasteiger partial charge is 0.0890 e. The molecule has 0 fully saturated rings. The van der Waals surface area contributed by atoms with Crippen LogP contribution in [-0.4, -0.2) is 9.96 Å². The highest BCUT2D eigenvalue weighted by molar-refractivity contribution is 7.82. The molecule has 0 aromatic heterocycles. The Labute approximate surface area is 58.7 Å². The molecular weight excluding hydrogens is 134 g/mol. The summed E-state index contributed by atoms with van der Waals surface area (Å²) in [7, 11) is -1.14. The summed E-state index contributed by atoms with van der Waals surface area (Å²) in [5, 5.41) is 5.06. The lowest BCUT2D eigenvalue weighted by Crippen LogP contribution is -2.13. The van der Waals surface area contributed by atoms with Crippen molar-refractivity contribution in [3.05, 3.63) is 12.7 Å². The minimum absolute atomic E-state index is 0.397. The van der Waals surface area contributed by atoms with Crippen LogP contribution in [0.25, 0.3) is 0 Å². The molecule has 54 valence electrons. The first kappa shape index (κ1) is 8.85. The highest BCUT2D eigenvalue weighted by Gasteiger charge is 2.00. The maximum atomic E-state index is 10.4. The van der Waals surface area contributed by atoms with Crippen LogP contribution in [0.3, 0.4) is 0 Å². The summed E-state index contributed by atoms with van der Waals surface area (Å²) >= 11 is 0. The Morgan fingerprint density at radius 1 is 1.89 bits per heavy atom. The van der Waals surface area contributed by atoms with Gasteiger partial charge in [0.2, 0.25) is 0 Å². The lowest BCUT2D eigenvalue weighted by molar-refractivity contribution is 0.641. The standard InChI is InChI=1S/C6H13NOS/c1-3-4-6(2)5-9(7)8/h3,6H,1,4-5,7H2,2H3/t6-,9?/m0/s1. The Balaban J connectivity index is 3.37. The molecule has 3 heteroatoms. The molecule has 0 saturated heterocycles. The first-order valence-corrected chi connectivity index (χ1v) is 4.28. The molecule has 9 heavy (non-hydrogen) atoms. The highest BCUT2D eigenvalue weighted by Crippen LogP contribution is 2.01. The second-order valence-electron chi connectivity index (χ2n) is 2.18. The van der Waals surface area contributed by atoms with E-state index < -0.39 is 11.0 Å². The molecule has 0 radical (unpaired) electrons. The molecule has 1 unspecified atom stereocenters. The topological polar surface area (TPSA) is 43.1 Å². The minimum Gasteiger partial charge on any atom is -0.252 e. The van der Waals surface area contributed by atoms with Gasteiger partial charge in [-0.15, -0.1) is 6.58 Å². The Morgan fingerprint density at radius 3 is 2.78 bits per heavy atom. The summed E-state index contributed by atoms with van der Waals surface area (Å²) in [6.45, 7) is 5.57. The van der Waals surface area contributed by atoms with E-state index in [-0.39, 0.29) is 0 Å². The number of rotatable bonds is 4. The summed E-state index contributed by atoms with van der Waals surface area (Å²) in [6.07, 6.45) is 2.71. The van der Waals surface area contributed by atoms with Crippen molar-refractivity contribution in [3.8, 4) is 0 Å². The van der Waals surface area contributed by atoms with Crippen molar-refractivity contribution in [2.45, 2.75) is 13.3 Å². The Bertz CT molecular complexity index is 114. The first-order chi connectivity index (χ1) is 4.16. The van der Waals surface area contributed by atoms with Crippen molar-refractivity contribution < 1.29 is 4.21 Å². The summed E-state index contributed by atoms with van der Waals surface area (Å²) in [6, 6.07) is 0. The molecule has 0 aliphatic carbocycles. The maximum absolute atomic E-state index is 10.4. The van der Waals surface area contributed by atoms with Crippen LogP contribution < -0.4 is 5.14 Å². The van der Waals surface area contributed by atoms with Gasteiger partial charge in [-0.25, -0.2) is 4.21 Å².